The van der Waals surface area contributed by atoms with E-state index in [9.17, 15) is 23.1 Å². The third kappa shape index (κ3) is 4.40. The number of benzene rings is 1. The third-order valence-corrected chi connectivity index (χ3v) is 5.86. The molecule has 0 spiro atoms. The number of fused-ring (bicyclic) bond motifs is 1. The molecule has 166 valence electrons. The molecule has 1 fully saturated rings. The zero-order chi connectivity index (χ0) is 22.5. The van der Waals surface area contributed by atoms with Crippen LogP contribution < -0.4 is 11.1 Å². The molecule has 2 heterocycles. The minimum absolute atomic E-state index is 0.00359. The second-order valence-electron chi connectivity index (χ2n) is 8.04. The minimum atomic E-state index is -4.51. The van der Waals surface area contributed by atoms with Gasteiger partial charge in [0.1, 0.15) is 5.82 Å². The largest absolute Gasteiger partial charge is 0.416 e. The predicted molar refractivity (Wildman–Crippen MR) is 108 cm³/mol. The first kappa shape index (κ1) is 21.6. The number of nitrogens with zero attached hydrogens (tertiary/aromatic N) is 3. The first-order chi connectivity index (χ1) is 14.5. The van der Waals surface area contributed by atoms with Crippen molar-refractivity contribution in [2.45, 2.75) is 51.2 Å². The maximum absolute atomic E-state index is 13.1. The fourth-order valence-electron chi connectivity index (χ4n) is 3.93. The van der Waals surface area contributed by atoms with Crippen LogP contribution in [0.4, 0.5) is 24.7 Å². The maximum atomic E-state index is 13.1. The molecule has 1 amide bonds. The lowest BCUT2D eigenvalue weighted by Gasteiger charge is -2.33. The Hall–Kier alpha value is -2.59. The lowest BCUT2D eigenvalue weighted by atomic mass is 9.81. The molecule has 7 nitrogen and oxygen atoms in total. The van der Waals surface area contributed by atoms with E-state index in [1.54, 1.807) is 11.8 Å². The van der Waals surface area contributed by atoms with Gasteiger partial charge in [-0.1, -0.05) is 0 Å². The van der Waals surface area contributed by atoms with E-state index in [1.165, 1.54) is 6.07 Å². The van der Waals surface area contributed by atoms with Crippen LogP contribution in [0.2, 0.25) is 5.28 Å². The van der Waals surface area contributed by atoms with Gasteiger partial charge in [0.2, 0.25) is 11.2 Å². The zero-order valence-electron chi connectivity index (χ0n) is 16.6. The van der Waals surface area contributed by atoms with E-state index < -0.39 is 23.9 Å². The normalized spacial score (nSPS) is 21.4. The summed E-state index contributed by atoms with van der Waals surface area (Å²) in [7, 11) is 0. The van der Waals surface area contributed by atoms with Gasteiger partial charge in [0.05, 0.1) is 36.5 Å². The van der Waals surface area contributed by atoms with Gasteiger partial charge >= 0.3 is 6.18 Å². The van der Waals surface area contributed by atoms with E-state index in [2.05, 4.69) is 15.3 Å². The Kier molecular flexibility index (Phi) is 5.47. The van der Waals surface area contributed by atoms with Crippen molar-refractivity contribution in [1.82, 2.24) is 14.9 Å². The summed E-state index contributed by atoms with van der Waals surface area (Å²) in [6.45, 7) is 2.21. The molecule has 31 heavy (non-hydrogen) atoms. The smallest absolute Gasteiger partial charge is 0.399 e. The van der Waals surface area contributed by atoms with Crippen LogP contribution in [0, 0.1) is 5.92 Å². The van der Waals surface area contributed by atoms with E-state index >= 15 is 0 Å². The highest BCUT2D eigenvalue weighted by Gasteiger charge is 2.39. The topological polar surface area (TPSA) is 104 Å². The van der Waals surface area contributed by atoms with Gasteiger partial charge in [-0.05, 0) is 55.1 Å². The molecule has 4 N–H and O–H groups in total. The molecule has 2 aromatic rings. The third-order valence-electron chi connectivity index (χ3n) is 5.69. The molecule has 4 rings (SSSR count). The SMILES string of the molecule is C[C@@H](Nc1nc(Cl)nc2c1CN(C(=O)C1CC(O)C1)C2)c1cc(N)cc(C(F)(F)F)c1. The van der Waals surface area contributed by atoms with Crippen molar-refractivity contribution in [3.05, 3.63) is 45.9 Å². The number of anilines is 2. The number of amides is 1. The maximum Gasteiger partial charge on any atom is 0.416 e. The van der Waals surface area contributed by atoms with Gasteiger partial charge in [-0.15, -0.1) is 0 Å². The zero-order valence-corrected chi connectivity index (χ0v) is 17.3. The first-order valence-corrected chi connectivity index (χ1v) is 10.2. The van der Waals surface area contributed by atoms with E-state index in [4.69, 9.17) is 17.3 Å². The number of alkyl halides is 3. The number of halogens is 4. The summed E-state index contributed by atoms with van der Waals surface area (Å²) < 4.78 is 39.4. The van der Waals surface area contributed by atoms with E-state index in [-0.39, 0.29) is 35.9 Å². The van der Waals surface area contributed by atoms with Crippen LogP contribution >= 0.6 is 11.6 Å². The van der Waals surface area contributed by atoms with Crippen LogP contribution in [0.15, 0.2) is 18.2 Å². The molecule has 0 unspecified atom stereocenters. The summed E-state index contributed by atoms with van der Waals surface area (Å²) in [6.07, 6.45) is -4.07. The average Bonchev–Trinajstić information content (AvgIpc) is 3.08. The molecular weight excluding hydrogens is 435 g/mol. The van der Waals surface area contributed by atoms with Gasteiger partial charge < -0.3 is 21.1 Å². The van der Waals surface area contributed by atoms with Crippen molar-refractivity contribution in [3.63, 3.8) is 0 Å². The van der Waals surface area contributed by atoms with Crippen molar-refractivity contribution in [3.8, 4) is 0 Å². The standard InChI is InChI=1S/C20H21ClF3N5O2/c1-9(10-2-12(20(22,23)24)6-13(25)3-10)26-17-15-7-29(8-16(15)27-19(21)28-17)18(31)11-4-14(30)5-11/h2-3,6,9,11,14,30H,4-5,7-8,25H2,1H3,(H,26,27,28)/t9-,11?,14?/m1/s1. The lowest BCUT2D eigenvalue weighted by Crippen LogP contribution is -2.41. The second-order valence-corrected chi connectivity index (χ2v) is 8.37. The molecule has 1 aromatic heterocycles. The Morgan fingerprint density at radius 2 is 2.00 bits per heavy atom. The summed E-state index contributed by atoms with van der Waals surface area (Å²) in [5.41, 5.74) is 6.44. The molecule has 11 heteroatoms. The molecule has 1 aromatic carbocycles. The van der Waals surface area contributed by atoms with Crippen LogP contribution in [0.3, 0.4) is 0 Å². The van der Waals surface area contributed by atoms with E-state index in [0.29, 0.717) is 35.5 Å². The van der Waals surface area contributed by atoms with E-state index in [0.717, 1.165) is 12.1 Å². The van der Waals surface area contributed by atoms with Crippen molar-refractivity contribution >= 4 is 29.0 Å². The lowest BCUT2D eigenvalue weighted by molar-refractivity contribution is -0.143. The molecule has 2 aliphatic rings. The number of aliphatic hydroxyl groups excluding tert-OH is 1. The van der Waals surface area contributed by atoms with Crippen molar-refractivity contribution in [2.24, 2.45) is 5.92 Å². The molecule has 1 atom stereocenters. The Balaban J connectivity index is 1.56. The molecule has 0 bridgehead atoms. The van der Waals surface area contributed by atoms with Gasteiger partial charge in [0, 0.05) is 17.2 Å². The highest BCUT2D eigenvalue weighted by atomic mass is 35.5. The quantitative estimate of drug-likeness (QED) is 0.481. The summed E-state index contributed by atoms with van der Waals surface area (Å²) in [5, 5.41) is 12.5. The Morgan fingerprint density at radius 1 is 1.29 bits per heavy atom. The van der Waals surface area contributed by atoms with Crippen LogP contribution in [-0.4, -0.2) is 32.0 Å². The molecule has 0 saturated heterocycles. The molecule has 1 saturated carbocycles. The fraction of sp³-hybridized carbons (Fsp3) is 0.450. The summed E-state index contributed by atoms with van der Waals surface area (Å²) in [5.74, 6) is 0.0858. The Labute approximate surface area is 181 Å². The average molecular weight is 456 g/mol. The minimum Gasteiger partial charge on any atom is -0.399 e. The monoisotopic (exact) mass is 455 g/mol. The summed E-state index contributed by atoms with van der Waals surface area (Å²) in [6, 6.07) is 2.82. The highest BCUT2D eigenvalue weighted by Crippen LogP contribution is 2.36. The Bertz CT molecular complexity index is 1030. The van der Waals surface area contributed by atoms with Crippen LogP contribution in [-0.2, 0) is 24.1 Å². The number of nitrogens with one attached hydrogen (secondary N) is 1. The number of aromatic nitrogens is 2. The van der Waals surface area contributed by atoms with Gasteiger partial charge in [-0.25, -0.2) is 9.97 Å². The van der Waals surface area contributed by atoms with Crippen molar-refractivity contribution < 1.29 is 23.1 Å². The summed E-state index contributed by atoms with van der Waals surface area (Å²) in [4.78, 5) is 22.7. The highest BCUT2D eigenvalue weighted by molar-refractivity contribution is 6.28. The number of aliphatic hydroxyl groups is 1. The summed E-state index contributed by atoms with van der Waals surface area (Å²) >= 11 is 6.05. The number of nitrogens with two attached hydrogens (primary N) is 1. The molecule has 1 aliphatic heterocycles. The number of hydrogen-bond donors (Lipinski definition) is 3. The van der Waals surface area contributed by atoms with E-state index in [1.807, 2.05) is 0 Å². The predicted octanol–water partition coefficient (Wildman–Crippen LogP) is 3.52. The molecule has 1 aliphatic carbocycles. The number of nitrogen functional groups attached to an aromatic ring is 1. The number of carbonyl (C=O) groups is 1. The van der Waals surface area contributed by atoms with Crippen LogP contribution in [0.25, 0.3) is 0 Å². The Morgan fingerprint density at radius 3 is 2.65 bits per heavy atom. The fourth-order valence-corrected chi connectivity index (χ4v) is 4.11. The van der Waals surface area contributed by atoms with Crippen molar-refractivity contribution in [2.75, 3.05) is 11.1 Å². The van der Waals surface area contributed by atoms with Crippen LogP contribution in [0.1, 0.15) is 48.2 Å². The van der Waals surface area contributed by atoms with Gasteiger partial charge in [-0.2, -0.15) is 13.2 Å². The number of carbonyl (C=O) groups excluding carboxylic acids is 1. The van der Waals surface area contributed by atoms with Crippen LogP contribution in [0.5, 0.6) is 0 Å². The number of rotatable bonds is 4. The second kappa shape index (κ2) is 7.83. The number of hydrogen-bond acceptors (Lipinski definition) is 6. The molecular formula is C20H21ClF3N5O2. The first-order valence-electron chi connectivity index (χ1n) is 9.77. The van der Waals surface area contributed by atoms with Gasteiger partial charge in [-0.3, -0.25) is 4.79 Å². The van der Waals surface area contributed by atoms with Crippen molar-refractivity contribution in [1.29, 1.82) is 0 Å². The molecule has 0 radical (unpaired) electrons. The van der Waals surface area contributed by atoms with Gasteiger partial charge in [0.25, 0.3) is 0 Å². The van der Waals surface area contributed by atoms with Gasteiger partial charge in [0.15, 0.2) is 0 Å².